The molecule has 148 valence electrons. The third-order valence-electron chi connectivity index (χ3n) is 3.90. The van der Waals surface area contributed by atoms with Crippen molar-refractivity contribution in [3.8, 4) is 28.7 Å². The molecular weight excluding hydrogens is 374 g/mol. The molecule has 0 bridgehead atoms. The second-order valence-electron chi connectivity index (χ2n) is 5.33. The second kappa shape index (κ2) is 8.83. The van der Waals surface area contributed by atoms with Crippen molar-refractivity contribution in [3.63, 3.8) is 0 Å². The minimum absolute atomic E-state index is 0.000204. The molecule has 0 aliphatic carbocycles. The molecule has 27 heavy (non-hydrogen) atoms. The topological polar surface area (TPSA) is 92.3 Å². The lowest BCUT2D eigenvalue weighted by molar-refractivity contribution is 0.322. The average Bonchev–Trinajstić information content (AvgIpc) is 2.70. The molecule has 2 aromatic carbocycles. The Kier molecular flexibility index (Phi) is 6.75. The van der Waals surface area contributed by atoms with Gasteiger partial charge in [0.15, 0.2) is 23.0 Å². The first-order valence-electron chi connectivity index (χ1n) is 7.91. The Balaban J connectivity index is 2.30. The zero-order chi connectivity index (χ0) is 20.0. The molecule has 0 aliphatic rings. The molecule has 1 N–H and O–H groups in total. The molecule has 0 heterocycles. The van der Waals surface area contributed by atoms with Crippen LogP contribution in [0.2, 0.25) is 0 Å². The Morgan fingerprint density at radius 1 is 0.741 bits per heavy atom. The first kappa shape index (κ1) is 20.7. The highest BCUT2D eigenvalue weighted by molar-refractivity contribution is 7.89. The van der Waals surface area contributed by atoms with Gasteiger partial charge in [0.05, 0.1) is 40.4 Å². The van der Waals surface area contributed by atoms with Gasteiger partial charge in [-0.05, 0) is 18.2 Å². The Bertz CT molecular complexity index is 897. The molecule has 0 saturated heterocycles. The third kappa shape index (κ3) is 4.37. The molecule has 0 radical (unpaired) electrons. The predicted molar refractivity (Wildman–Crippen MR) is 99.7 cm³/mol. The van der Waals surface area contributed by atoms with Crippen molar-refractivity contribution in [2.45, 2.75) is 11.4 Å². The molecule has 2 rings (SSSR count). The van der Waals surface area contributed by atoms with E-state index in [2.05, 4.69) is 4.72 Å². The number of nitrogens with one attached hydrogen (secondary N) is 1. The van der Waals surface area contributed by atoms with Gasteiger partial charge in [-0.15, -0.1) is 0 Å². The molecule has 0 amide bonds. The van der Waals surface area contributed by atoms with Gasteiger partial charge in [-0.2, -0.15) is 0 Å². The molecule has 0 atom stereocenters. The fourth-order valence-corrected chi connectivity index (χ4v) is 3.56. The van der Waals surface area contributed by atoms with Gasteiger partial charge in [0.1, 0.15) is 0 Å². The zero-order valence-corrected chi connectivity index (χ0v) is 16.7. The van der Waals surface area contributed by atoms with Crippen LogP contribution in [0.3, 0.4) is 0 Å². The van der Waals surface area contributed by atoms with E-state index in [1.54, 1.807) is 12.1 Å². The predicted octanol–water partition coefficient (Wildman–Crippen LogP) is 2.21. The standard InChI is InChI=1S/C18H23NO7S/c1-22-14-9-7-13(10-16(14)24-3)27(20,21)19-11-12-6-8-15(23-2)18(26-5)17(12)25-4/h6-10,19H,11H2,1-5H3. The summed E-state index contributed by atoms with van der Waals surface area (Å²) in [5, 5.41) is 0. The fraction of sp³-hybridized carbons (Fsp3) is 0.333. The van der Waals surface area contributed by atoms with Crippen LogP contribution in [-0.4, -0.2) is 44.0 Å². The molecule has 2 aromatic rings. The van der Waals surface area contributed by atoms with Crippen LogP contribution < -0.4 is 28.4 Å². The van der Waals surface area contributed by atoms with Crippen molar-refractivity contribution < 1.29 is 32.1 Å². The quantitative estimate of drug-likeness (QED) is 0.693. The van der Waals surface area contributed by atoms with Crippen LogP contribution >= 0.6 is 0 Å². The lowest BCUT2D eigenvalue weighted by Crippen LogP contribution is -2.23. The molecular formula is C18H23NO7S. The summed E-state index contributed by atoms with van der Waals surface area (Å²) in [7, 11) is 3.60. The highest BCUT2D eigenvalue weighted by Gasteiger charge is 2.20. The van der Waals surface area contributed by atoms with E-state index in [9.17, 15) is 8.42 Å². The largest absolute Gasteiger partial charge is 0.493 e. The molecule has 0 aromatic heterocycles. The molecule has 9 heteroatoms. The Labute approximate surface area is 159 Å². The van der Waals surface area contributed by atoms with Crippen LogP contribution in [0.5, 0.6) is 28.7 Å². The Hall–Kier alpha value is -2.65. The summed E-state index contributed by atoms with van der Waals surface area (Å²) in [6.45, 7) is 0.000204. The maximum atomic E-state index is 12.6. The smallest absolute Gasteiger partial charge is 0.241 e. The van der Waals surface area contributed by atoms with E-state index in [0.717, 1.165) is 0 Å². The van der Waals surface area contributed by atoms with Gasteiger partial charge in [-0.1, -0.05) is 6.07 Å². The minimum Gasteiger partial charge on any atom is -0.493 e. The molecule has 0 saturated carbocycles. The summed E-state index contributed by atoms with van der Waals surface area (Å²) in [6, 6.07) is 7.76. The van der Waals surface area contributed by atoms with Gasteiger partial charge in [0.2, 0.25) is 15.8 Å². The summed E-state index contributed by atoms with van der Waals surface area (Å²) in [6.07, 6.45) is 0. The van der Waals surface area contributed by atoms with Crippen LogP contribution in [0.4, 0.5) is 0 Å². The number of ether oxygens (including phenoxy) is 5. The summed E-state index contributed by atoms with van der Waals surface area (Å²) in [5.74, 6) is 2.04. The van der Waals surface area contributed by atoms with Gasteiger partial charge in [0.25, 0.3) is 0 Å². The van der Waals surface area contributed by atoms with Gasteiger partial charge in [-0.3, -0.25) is 0 Å². The summed E-state index contributed by atoms with van der Waals surface area (Å²) in [4.78, 5) is 0.0552. The Morgan fingerprint density at radius 2 is 1.33 bits per heavy atom. The average molecular weight is 397 g/mol. The first-order valence-corrected chi connectivity index (χ1v) is 9.39. The number of rotatable bonds is 9. The maximum absolute atomic E-state index is 12.6. The highest BCUT2D eigenvalue weighted by Crippen LogP contribution is 2.39. The zero-order valence-electron chi connectivity index (χ0n) is 15.9. The molecule has 0 aliphatic heterocycles. The molecule has 0 unspecified atom stereocenters. The minimum atomic E-state index is -3.79. The van der Waals surface area contributed by atoms with Crippen LogP contribution in [0, 0.1) is 0 Å². The van der Waals surface area contributed by atoms with Crippen LogP contribution in [-0.2, 0) is 16.6 Å². The first-order chi connectivity index (χ1) is 12.9. The number of sulfonamides is 1. The van der Waals surface area contributed by atoms with Crippen molar-refractivity contribution >= 4 is 10.0 Å². The van der Waals surface area contributed by atoms with Gasteiger partial charge in [-0.25, -0.2) is 13.1 Å². The summed E-state index contributed by atoms with van der Waals surface area (Å²) >= 11 is 0. The van der Waals surface area contributed by atoms with Crippen LogP contribution in [0.15, 0.2) is 35.2 Å². The SMILES string of the molecule is COc1ccc(S(=O)(=O)NCc2ccc(OC)c(OC)c2OC)cc1OC. The van der Waals surface area contributed by atoms with E-state index in [1.165, 1.54) is 53.7 Å². The van der Waals surface area contributed by atoms with Crippen LogP contribution in [0.1, 0.15) is 5.56 Å². The van der Waals surface area contributed by atoms with Crippen LogP contribution in [0.25, 0.3) is 0 Å². The van der Waals surface area contributed by atoms with Gasteiger partial charge in [0, 0.05) is 18.2 Å². The third-order valence-corrected chi connectivity index (χ3v) is 5.30. The van der Waals surface area contributed by atoms with Crippen molar-refractivity contribution in [1.82, 2.24) is 4.72 Å². The lowest BCUT2D eigenvalue weighted by atomic mass is 10.1. The maximum Gasteiger partial charge on any atom is 0.241 e. The molecule has 8 nitrogen and oxygen atoms in total. The van der Waals surface area contributed by atoms with E-state index < -0.39 is 10.0 Å². The van der Waals surface area contributed by atoms with Crippen molar-refractivity contribution in [2.24, 2.45) is 0 Å². The van der Waals surface area contributed by atoms with E-state index in [-0.39, 0.29) is 11.4 Å². The van der Waals surface area contributed by atoms with Gasteiger partial charge < -0.3 is 23.7 Å². The Morgan fingerprint density at radius 3 is 1.89 bits per heavy atom. The number of methoxy groups -OCH3 is 5. The monoisotopic (exact) mass is 397 g/mol. The summed E-state index contributed by atoms with van der Waals surface area (Å²) in [5.41, 5.74) is 0.596. The fourth-order valence-electron chi connectivity index (χ4n) is 2.54. The van der Waals surface area contributed by atoms with Crippen molar-refractivity contribution in [1.29, 1.82) is 0 Å². The molecule has 0 fully saturated rings. The number of hydrogen-bond acceptors (Lipinski definition) is 7. The molecule has 0 spiro atoms. The van der Waals surface area contributed by atoms with Crippen molar-refractivity contribution in [2.75, 3.05) is 35.5 Å². The van der Waals surface area contributed by atoms with E-state index in [4.69, 9.17) is 23.7 Å². The number of benzene rings is 2. The second-order valence-corrected chi connectivity index (χ2v) is 7.10. The number of hydrogen-bond donors (Lipinski definition) is 1. The van der Waals surface area contributed by atoms with E-state index >= 15 is 0 Å². The normalized spacial score (nSPS) is 11.0. The van der Waals surface area contributed by atoms with E-state index in [1.807, 2.05) is 0 Å². The highest BCUT2D eigenvalue weighted by atomic mass is 32.2. The van der Waals surface area contributed by atoms with Gasteiger partial charge >= 0.3 is 0 Å². The summed E-state index contributed by atoms with van der Waals surface area (Å²) < 4.78 is 54.0. The lowest BCUT2D eigenvalue weighted by Gasteiger charge is -2.16. The van der Waals surface area contributed by atoms with E-state index in [0.29, 0.717) is 34.3 Å². The van der Waals surface area contributed by atoms with Crippen molar-refractivity contribution in [3.05, 3.63) is 35.9 Å².